The maximum Gasteiger partial charge on any atom is 0.0900 e. The van der Waals surface area contributed by atoms with Gasteiger partial charge in [0.15, 0.2) is 0 Å². The molecule has 2 unspecified atom stereocenters. The molecule has 0 bridgehead atoms. The zero-order valence-electron chi connectivity index (χ0n) is 11.5. The molecule has 1 heterocycles. The molecule has 0 radical (unpaired) electrons. The van der Waals surface area contributed by atoms with Crippen LogP contribution in [0.3, 0.4) is 0 Å². The van der Waals surface area contributed by atoms with Crippen LogP contribution in [0.1, 0.15) is 33.1 Å². The van der Waals surface area contributed by atoms with Crippen LogP contribution in [0.2, 0.25) is 0 Å². The van der Waals surface area contributed by atoms with E-state index in [1.165, 1.54) is 19.3 Å². The molecule has 17 heavy (non-hydrogen) atoms. The number of hydrogen-bond donors (Lipinski definition) is 2. The molecular weight excluding hydrogens is 216 g/mol. The van der Waals surface area contributed by atoms with Gasteiger partial charge in [0.2, 0.25) is 0 Å². The summed E-state index contributed by atoms with van der Waals surface area (Å²) in [5, 5.41) is 13.4. The van der Waals surface area contributed by atoms with E-state index >= 15 is 0 Å². The molecule has 2 atom stereocenters. The van der Waals surface area contributed by atoms with Gasteiger partial charge in [0.05, 0.1) is 12.7 Å². The number of methoxy groups -OCH3 is 1. The Kier molecular flexibility index (Phi) is 7.04. The van der Waals surface area contributed by atoms with Gasteiger partial charge in [0.1, 0.15) is 0 Å². The predicted molar refractivity (Wildman–Crippen MR) is 70.2 cm³/mol. The maximum atomic E-state index is 9.81. The molecule has 1 fully saturated rings. The quantitative estimate of drug-likeness (QED) is 0.697. The smallest absolute Gasteiger partial charge is 0.0900 e. The van der Waals surface area contributed by atoms with Crippen LogP contribution >= 0.6 is 0 Å². The molecule has 0 aliphatic carbocycles. The first-order valence-corrected chi connectivity index (χ1v) is 6.78. The van der Waals surface area contributed by atoms with E-state index in [9.17, 15) is 5.11 Å². The monoisotopic (exact) mass is 244 g/mol. The van der Waals surface area contributed by atoms with E-state index < -0.39 is 0 Å². The van der Waals surface area contributed by atoms with Crippen molar-refractivity contribution >= 4 is 0 Å². The standard InChI is InChI=1S/C13H28N2O2/c1-11(2)15(9-13(16)10-17-3)8-12-6-4-5-7-14-12/h11-14,16H,4-10H2,1-3H3. The van der Waals surface area contributed by atoms with Gasteiger partial charge in [-0.15, -0.1) is 0 Å². The van der Waals surface area contributed by atoms with Crippen molar-refractivity contribution in [3.8, 4) is 0 Å². The number of rotatable bonds is 7. The maximum absolute atomic E-state index is 9.81. The first kappa shape index (κ1) is 14.9. The lowest BCUT2D eigenvalue weighted by Crippen LogP contribution is -2.48. The van der Waals surface area contributed by atoms with Crippen LogP contribution in [-0.4, -0.2) is 61.5 Å². The zero-order valence-corrected chi connectivity index (χ0v) is 11.5. The lowest BCUT2D eigenvalue weighted by Gasteiger charge is -2.34. The third kappa shape index (κ3) is 5.82. The fourth-order valence-corrected chi connectivity index (χ4v) is 2.37. The molecule has 0 amide bonds. The molecule has 0 aromatic rings. The molecule has 1 aliphatic rings. The molecule has 0 aromatic carbocycles. The number of aliphatic hydroxyl groups is 1. The van der Waals surface area contributed by atoms with E-state index in [2.05, 4.69) is 24.1 Å². The topological polar surface area (TPSA) is 44.7 Å². The summed E-state index contributed by atoms with van der Waals surface area (Å²) in [5.74, 6) is 0. The van der Waals surface area contributed by atoms with E-state index in [0.29, 0.717) is 25.2 Å². The highest BCUT2D eigenvalue weighted by atomic mass is 16.5. The van der Waals surface area contributed by atoms with Crippen molar-refractivity contribution in [2.45, 2.75) is 51.3 Å². The largest absolute Gasteiger partial charge is 0.389 e. The number of nitrogens with one attached hydrogen (secondary N) is 1. The van der Waals surface area contributed by atoms with Crippen LogP contribution in [-0.2, 0) is 4.74 Å². The Hall–Kier alpha value is -0.160. The molecule has 0 spiro atoms. The van der Waals surface area contributed by atoms with Crippen molar-refractivity contribution in [3.05, 3.63) is 0 Å². The minimum atomic E-state index is -0.383. The van der Waals surface area contributed by atoms with Crippen molar-refractivity contribution < 1.29 is 9.84 Å². The van der Waals surface area contributed by atoms with Crippen molar-refractivity contribution in [2.24, 2.45) is 0 Å². The second-order valence-corrected chi connectivity index (χ2v) is 5.30. The van der Waals surface area contributed by atoms with Crippen LogP contribution < -0.4 is 5.32 Å². The van der Waals surface area contributed by atoms with Gasteiger partial charge in [-0.25, -0.2) is 0 Å². The van der Waals surface area contributed by atoms with Crippen molar-refractivity contribution in [3.63, 3.8) is 0 Å². The molecular formula is C13H28N2O2. The Balaban J connectivity index is 2.36. The Morgan fingerprint density at radius 2 is 2.18 bits per heavy atom. The average molecular weight is 244 g/mol. The van der Waals surface area contributed by atoms with Gasteiger partial charge in [0.25, 0.3) is 0 Å². The fourth-order valence-electron chi connectivity index (χ4n) is 2.37. The Bertz CT molecular complexity index is 194. The molecule has 0 aromatic heterocycles. The first-order chi connectivity index (χ1) is 8.13. The fraction of sp³-hybridized carbons (Fsp3) is 1.00. The highest BCUT2D eigenvalue weighted by Gasteiger charge is 2.20. The average Bonchev–Trinajstić information content (AvgIpc) is 2.29. The molecule has 0 saturated carbocycles. The molecule has 1 rings (SSSR count). The van der Waals surface area contributed by atoms with E-state index in [-0.39, 0.29) is 6.10 Å². The summed E-state index contributed by atoms with van der Waals surface area (Å²) in [6.07, 6.45) is 3.49. The van der Waals surface area contributed by atoms with Crippen LogP contribution in [0.25, 0.3) is 0 Å². The zero-order chi connectivity index (χ0) is 12.7. The summed E-state index contributed by atoms with van der Waals surface area (Å²) < 4.78 is 4.98. The summed E-state index contributed by atoms with van der Waals surface area (Å²) in [6.45, 7) is 7.64. The predicted octanol–water partition coefficient (Wildman–Crippen LogP) is 0.846. The van der Waals surface area contributed by atoms with Crippen LogP contribution in [0, 0.1) is 0 Å². The lowest BCUT2D eigenvalue weighted by molar-refractivity contribution is 0.0267. The summed E-state index contributed by atoms with van der Waals surface area (Å²) in [5.41, 5.74) is 0. The SMILES string of the molecule is COCC(O)CN(CC1CCCCN1)C(C)C. The highest BCUT2D eigenvalue weighted by Crippen LogP contribution is 2.10. The van der Waals surface area contributed by atoms with Gasteiger partial charge < -0.3 is 15.2 Å². The first-order valence-electron chi connectivity index (χ1n) is 6.78. The van der Waals surface area contributed by atoms with Gasteiger partial charge in [-0.3, -0.25) is 4.90 Å². The number of aliphatic hydroxyl groups excluding tert-OH is 1. The van der Waals surface area contributed by atoms with Crippen LogP contribution in [0.15, 0.2) is 0 Å². The third-order valence-corrected chi connectivity index (χ3v) is 3.40. The number of ether oxygens (including phenoxy) is 1. The third-order valence-electron chi connectivity index (χ3n) is 3.40. The lowest BCUT2D eigenvalue weighted by atomic mass is 10.0. The number of nitrogens with zero attached hydrogens (tertiary/aromatic N) is 1. The summed E-state index contributed by atoms with van der Waals surface area (Å²) in [4.78, 5) is 2.34. The minimum absolute atomic E-state index is 0.383. The van der Waals surface area contributed by atoms with E-state index in [0.717, 1.165) is 13.1 Å². The molecule has 2 N–H and O–H groups in total. The van der Waals surface area contributed by atoms with Crippen molar-refractivity contribution in [2.75, 3.05) is 33.4 Å². The normalized spacial score (nSPS) is 23.3. The van der Waals surface area contributed by atoms with Gasteiger partial charge in [0, 0.05) is 32.3 Å². The molecule has 102 valence electrons. The van der Waals surface area contributed by atoms with E-state index in [1.807, 2.05) is 0 Å². The molecule has 4 heteroatoms. The minimum Gasteiger partial charge on any atom is -0.389 e. The summed E-state index contributed by atoms with van der Waals surface area (Å²) in [7, 11) is 1.63. The van der Waals surface area contributed by atoms with Gasteiger partial charge in [-0.2, -0.15) is 0 Å². The Morgan fingerprint density at radius 1 is 1.41 bits per heavy atom. The van der Waals surface area contributed by atoms with Gasteiger partial charge in [-0.05, 0) is 33.2 Å². The van der Waals surface area contributed by atoms with Crippen LogP contribution in [0.5, 0.6) is 0 Å². The highest BCUT2D eigenvalue weighted by molar-refractivity contribution is 4.79. The number of piperidine rings is 1. The van der Waals surface area contributed by atoms with Crippen LogP contribution in [0.4, 0.5) is 0 Å². The van der Waals surface area contributed by atoms with Gasteiger partial charge >= 0.3 is 0 Å². The van der Waals surface area contributed by atoms with E-state index in [4.69, 9.17) is 4.74 Å². The second kappa shape index (κ2) is 8.03. The van der Waals surface area contributed by atoms with Gasteiger partial charge in [-0.1, -0.05) is 6.42 Å². The number of hydrogen-bond acceptors (Lipinski definition) is 4. The molecule has 1 aliphatic heterocycles. The Labute approximate surface area is 105 Å². The molecule has 4 nitrogen and oxygen atoms in total. The summed E-state index contributed by atoms with van der Waals surface area (Å²) >= 11 is 0. The molecule has 1 saturated heterocycles. The Morgan fingerprint density at radius 3 is 2.71 bits per heavy atom. The summed E-state index contributed by atoms with van der Waals surface area (Å²) in [6, 6.07) is 1.05. The van der Waals surface area contributed by atoms with E-state index in [1.54, 1.807) is 7.11 Å². The van der Waals surface area contributed by atoms with Crippen molar-refractivity contribution in [1.29, 1.82) is 0 Å². The van der Waals surface area contributed by atoms with Crippen molar-refractivity contribution in [1.82, 2.24) is 10.2 Å². The second-order valence-electron chi connectivity index (χ2n) is 5.30.